The molecule has 3 N–H and O–H groups in total. The van der Waals surface area contributed by atoms with E-state index in [2.05, 4.69) is 10.9 Å². The first-order valence-electron chi connectivity index (χ1n) is 7.95. The molecule has 0 bridgehead atoms. The summed E-state index contributed by atoms with van der Waals surface area (Å²) < 4.78 is 5.20. The van der Waals surface area contributed by atoms with Crippen molar-refractivity contribution in [2.75, 3.05) is 6.61 Å². The predicted molar refractivity (Wildman–Crippen MR) is 83.1 cm³/mol. The van der Waals surface area contributed by atoms with Crippen LogP contribution in [0, 0.1) is 11.8 Å². The molecule has 6 heteroatoms. The number of hydrogen-bond acceptors (Lipinski definition) is 5. The van der Waals surface area contributed by atoms with Gasteiger partial charge in [0.1, 0.15) is 0 Å². The zero-order valence-electron chi connectivity index (χ0n) is 13.3. The fraction of sp³-hybridized carbons (Fsp3) is 0.529. The Morgan fingerprint density at radius 2 is 2.04 bits per heavy atom. The van der Waals surface area contributed by atoms with Crippen molar-refractivity contribution < 1.29 is 19.4 Å². The van der Waals surface area contributed by atoms with Crippen LogP contribution in [0.3, 0.4) is 0 Å². The van der Waals surface area contributed by atoms with Gasteiger partial charge in [0.25, 0.3) is 0 Å². The second kappa shape index (κ2) is 5.94. The molecule has 2 fully saturated rings. The number of benzene rings is 1. The number of carbonyl (C=O) groups excluding carboxylic acids is 2. The second-order valence-corrected chi connectivity index (χ2v) is 6.49. The van der Waals surface area contributed by atoms with E-state index in [9.17, 15) is 14.7 Å². The van der Waals surface area contributed by atoms with E-state index in [-0.39, 0.29) is 18.6 Å². The maximum Gasteiger partial charge on any atom is 0.312 e. The van der Waals surface area contributed by atoms with E-state index in [0.717, 1.165) is 5.56 Å². The molecule has 1 amide bonds. The lowest BCUT2D eigenvalue weighted by atomic mass is 9.61. The third-order valence-electron chi connectivity index (χ3n) is 4.89. The Bertz CT molecular complexity index is 602. The molecule has 5 atom stereocenters. The number of nitrogens with one attached hydrogen (secondary N) is 2. The molecule has 1 heterocycles. The molecule has 0 spiro atoms. The van der Waals surface area contributed by atoms with Crippen LogP contribution in [0.4, 0.5) is 0 Å². The highest BCUT2D eigenvalue weighted by atomic mass is 16.5. The second-order valence-electron chi connectivity index (χ2n) is 6.49. The quantitative estimate of drug-likeness (QED) is 0.715. The summed E-state index contributed by atoms with van der Waals surface area (Å²) in [5.41, 5.74) is 5.19. The van der Waals surface area contributed by atoms with Crippen molar-refractivity contribution in [3.05, 3.63) is 35.9 Å². The SMILES string of the molecule is CCOC(=O)[C@@H]1[C@H](c2ccccc2)[C@@H]2C(=O)NN[C@H]2C[C@@]1(C)O. The van der Waals surface area contributed by atoms with Crippen LogP contribution in [0.5, 0.6) is 0 Å². The summed E-state index contributed by atoms with van der Waals surface area (Å²) in [6.45, 7) is 3.62. The number of hydrogen-bond donors (Lipinski definition) is 3. The molecule has 124 valence electrons. The highest BCUT2D eigenvalue weighted by molar-refractivity contribution is 5.85. The Labute approximate surface area is 135 Å². The van der Waals surface area contributed by atoms with Gasteiger partial charge in [-0.25, -0.2) is 5.43 Å². The summed E-state index contributed by atoms with van der Waals surface area (Å²) in [6.07, 6.45) is 0.309. The van der Waals surface area contributed by atoms with E-state index in [1.54, 1.807) is 13.8 Å². The Morgan fingerprint density at radius 3 is 2.70 bits per heavy atom. The fourth-order valence-electron chi connectivity index (χ4n) is 3.98. The standard InChI is InChI=1S/C17H22N2O4/c1-3-23-16(21)14-12(10-7-5-4-6-8-10)13-11(9-17(14,2)22)18-19-15(13)20/h4-8,11-14,18,22H,3,9H2,1-2H3,(H,19,20)/t11-,12+,13+,14-,17+/m0/s1. The van der Waals surface area contributed by atoms with Crippen LogP contribution in [0.2, 0.25) is 0 Å². The Morgan fingerprint density at radius 1 is 1.35 bits per heavy atom. The van der Waals surface area contributed by atoms with Gasteiger partial charge in [-0.15, -0.1) is 0 Å². The number of carbonyl (C=O) groups is 2. The normalized spacial score (nSPS) is 36.2. The van der Waals surface area contributed by atoms with Crippen LogP contribution >= 0.6 is 0 Å². The maximum absolute atomic E-state index is 12.6. The lowest BCUT2D eigenvalue weighted by Gasteiger charge is -2.45. The van der Waals surface area contributed by atoms with E-state index in [1.165, 1.54) is 0 Å². The van der Waals surface area contributed by atoms with E-state index in [0.29, 0.717) is 6.42 Å². The average molecular weight is 318 g/mol. The summed E-state index contributed by atoms with van der Waals surface area (Å²) in [7, 11) is 0. The number of rotatable bonds is 3. The van der Waals surface area contributed by atoms with Crippen molar-refractivity contribution in [3.8, 4) is 0 Å². The summed E-state index contributed by atoms with van der Waals surface area (Å²) in [5, 5.41) is 10.9. The van der Waals surface area contributed by atoms with E-state index < -0.39 is 29.3 Å². The van der Waals surface area contributed by atoms with Gasteiger partial charge >= 0.3 is 5.97 Å². The van der Waals surface area contributed by atoms with E-state index in [1.807, 2.05) is 30.3 Å². The Kier molecular flexibility index (Phi) is 4.12. The Balaban J connectivity index is 2.08. The number of fused-ring (bicyclic) bond motifs is 1. The topological polar surface area (TPSA) is 87.7 Å². The van der Waals surface area contributed by atoms with Crippen LogP contribution in [0.25, 0.3) is 0 Å². The largest absolute Gasteiger partial charge is 0.466 e. The minimum Gasteiger partial charge on any atom is -0.466 e. The van der Waals surface area contributed by atoms with Crippen LogP contribution < -0.4 is 10.9 Å². The zero-order chi connectivity index (χ0) is 16.6. The number of hydrazine groups is 1. The van der Waals surface area contributed by atoms with Gasteiger partial charge in [-0.2, -0.15) is 0 Å². The molecule has 1 aromatic carbocycles. The molecule has 1 aliphatic carbocycles. The molecule has 1 saturated carbocycles. The third kappa shape index (κ3) is 2.72. The minimum absolute atomic E-state index is 0.145. The number of aliphatic hydroxyl groups is 1. The first kappa shape index (κ1) is 16.0. The van der Waals surface area contributed by atoms with Gasteiger partial charge in [-0.1, -0.05) is 30.3 Å². The molecule has 0 aromatic heterocycles. The van der Waals surface area contributed by atoms with Gasteiger partial charge in [0.15, 0.2) is 0 Å². The highest BCUT2D eigenvalue weighted by Crippen LogP contribution is 2.48. The van der Waals surface area contributed by atoms with Crippen LogP contribution in [0.15, 0.2) is 30.3 Å². The van der Waals surface area contributed by atoms with Crippen molar-refractivity contribution in [3.63, 3.8) is 0 Å². The number of esters is 1. The third-order valence-corrected chi connectivity index (χ3v) is 4.89. The monoisotopic (exact) mass is 318 g/mol. The molecule has 6 nitrogen and oxygen atoms in total. The molecule has 1 saturated heterocycles. The molecule has 1 aliphatic heterocycles. The van der Waals surface area contributed by atoms with Gasteiger partial charge in [0.05, 0.1) is 24.0 Å². The molecular formula is C17H22N2O4. The van der Waals surface area contributed by atoms with Crippen molar-refractivity contribution >= 4 is 11.9 Å². The molecule has 23 heavy (non-hydrogen) atoms. The van der Waals surface area contributed by atoms with Gasteiger partial charge in [0, 0.05) is 12.0 Å². The summed E-state index contributed by atoms with van der Waals surface area (Å²) in [6, 6.07) is 9.19. The highest BCUT2D eigenvalue weighted by Gasteiger charge is 2.58. The van der Waals surface area contributed by atoms with E-state index >= 15 is 0 Å². The van der Waals surface area contributed by atoms with E-state index in [4.69, 9.17) is 4.74 Å². The van der Waals surface area contributed by atoms with Gasteiger partial charge in [-0.05, 0) is 25.8 Å². The lowest BCUT2D eigenvalue weighted by molar-refractivity contribution is -0.165. The minimum atomic E-state index is -1.26. The number of ether oxygens (including phenoxy) is 1. The Hall–Kier alpha value is -1.92. The zero-order valence-corrected chi connectivity index (χ0v) is 13.3. The lowest BCUT2D eigenvalue weighted by Crippen LogP contribution is -2.56. The smallest absolute Gasteiger partial charge is 0.312 e. The molecule has 0 radical (unpaired) electrons. The van der Waals surface area contributed by atoms with Crippen molar-refractivity contribution in [2.24, 2.45) is 11.8 Å². The molecule has 3 rings (SSSR count). The van der Waals surface area contributed by atoms with Crippen molar-refractivity contribution in [1.29, 1.82) is 0 Å². The number of amides is 1. The summed E-state index contributed by atoms with van der Waals surface area (Å²) in [5.74, 6) is -2.22. The molecule has 2 aliphatic rings. The van der Waals surface area contributed by atoms with Gasteiger partial charge in [-0.3, -0.25) is 15.0 Å². The maximum atomic E-state index is 12.6. The fourth-order valence-corrected chi connectivity index (χ4v) is 3.98. The van der Waals surface area contributed by atoms with Crippen LogP contribution in [-0.4, -0.2) is 35.2 Å². The first-order chi connectivity index (χ1) is 11.0. The molecule has 0 unspecified atom stereocenters. The first-order valence-corrected chi connectivity index (χ1v) is 7.95. The summed E-state index contributed by atoms with van der Waals surface area (Å²) in [4.78, 5) is 24.9. The van der Waals surface area contributed by atoms with Crippen LogP contribution in [-0.2, 0) is 14.3 Å². The molecule has 1 aromatic rings. The summed E-state index contributed by atoms with van der Waals surface area (Å²) >= 11 is 0. The van der Waals surface area contributed by atoms with Gasteiger partial charge in [0.2, 0.25) is 5.91 Å². The predicted octanol–water partition coefficient (Wildman–Crippen LogP) is 0.723. The van der Waals surface area contributed by atoms with Crippen molar-refractivity contribution in [2.45, 2.75) is 37.8 Å². The molecular weight excluding hydrogens is 296 g/mol. The van der Waals surface area contributed by atoms with Crippen LogP contribution in [0.1, 0.15) is 31.7 Å². The van der Waals surface area contributed by atoms with Gasteiger partial charge < -0.3 is 9.84 Å². The van der Waals surface area contributed by atoms with Crippen molar-refractivity contribution in [1.82, 2.24) is 10.9 Å². The average Bonchev–Trinajstić information content (AvgIpc) is 2.86.